The van der Waals surface area contributed by atoms with Crippen LogP contribution >= 0.6 is 0 Å². The number of imide groups is 1. The number of amides is 2. The minimum atomic E-state index is -0.478. The van der Waals surface area contributed by atoms with Crippen molar-refractivity contribution >= 4 is 11.8 Å². The van der Waals surface area contributed by atoms with E-state index in [1.807, 2.05) is 43.1 Å². The van der Waals surface area contributed by atoms with Crippen LogP contribution < -0.4 is 4.74 Å². The summed E-state index contributed by atoms with van der Waals surface area (Å²) in [4.78, 5) is 25.6. The molecule has 120 valence electrons. The third-order valence-electron chi connectivity index (χ3n) is 5.11. The van der Waals surface area contributed by atoms with Crippen LogP contribution in [0.1, 0.15) is 46.2 Å². The molecule has 0 aromatic heterocycles. The van der Waals surface area contributed by atoms with E-state index in [2.05, 4.69) is 0 Å². The van der Waals surface area contributed by atoms with Gasteiger partial charge in [0.2, 0.25) is 0 Å². The van der Waals surface area contributed by atoms with Crippen molar-refractivity contribution in [1.29, 1.82) is 0 Å². The number of hydrogen-bond acceptors (Lipinski definition) is 4. The summed E-state index contributed by atoms with van der Waals surface area (Å²) in [5.41, 5.74) is 1.49. The highest BCUT2D eigenvalue weighted by Gasteiger charge is 2.66. The molecule has 0 spiro atoms. The molecule has 3 unspecified atom stereocenters. The molecule has 0 bridgehead atoms. The van der Waals surface area contributed by atoms with Gasteiger partial charge in [0.15, 0.2) is 0 Å². The first-order valence-corrected chi connectivity index (χ1v) is 8.05. The van der Waals surface area contributed by atoms with Crippen LogP contribution in [0.3, 0.4) is 0 Å². The first kappa shape index (κ1) is 13.7. The Morgan fingerprint density at radius 3 is 2.17 bits per heavy atom. The molecule has 5 rings (SSSR count). The third-order valence-corrected chi connectivity index (χ3v) is 5.11. The quantitative estimate of drug-likeness (QED) is 0.599. The Morgan fingerprint density at radius 1 is 0.917 bits per heavy atom. The van der Waals surface area contributed by atoms with Gasteiger partial charge in [-0.3, -0.25) is 9.59 Å². The van der Waals surface area contributed by atoms with Crippen LogP contribution in [0, 0.1) is 0 Å². The topological polar surface area (TPSA) is 49.6 Å². The van der Waals surface area contributed by atoms with Gasteiger partial charge in [-0.1, -0.05) is 30.3 Å². The molecule has 5 heteroatoms. The van der Waals surface area contributed by atoms with Crippen LogP contribution in [0.25, 0.3) is 0 Å². The summed E-state index contributed by atoms with van der Waals surface area (Å²) in [6, 6.07) is 14.8. The first-order chi connectivity index (χ1) is 11.5. The fourth-order valence-corrected chi connectivity index (χ4v) is 4.03. The van der Waals surface area contributed by atoms with Crippen molar-refractivity contribution in [3.63, 3.8) is 0 Å². The van der Waals surface area contributed by atoms with E-state index < -0.39 is 5.60 Å². The standard InChI is InChI=1S/C19H16N2O3/c1-19(2)16-15(13-9-5-6-10-14(13)24-19)20(16)21-17(22)11-7-3-4-8-12(11)18(21)23/h3-10,15-16H,1-2H3. The smallest absolute Gasteiger partial charge is 0.276 e. The lowest BCUT2D eigenvalue weighted by Gasteiger charge is -2.30. The summed E-state index contributed by atoms with van der Waals surface area (Å²) >= 11 is 0. The Morgan fingerprint density at radius 2 is 1.50 bits per heavy atom. The summed E-state index contributed by atoms with van der Waals surface area (Å²) in [5.74, 6) is 0.319. The van der Waals surface area contributed by atoms with E-state index in [-0.39, 0.29) is 23.9 Å². The SMILES string of the molecule is CC1(C)Oc2ccccc2C2C1N2N1C(=O)c2ccccc2C1=O. The predicted molar refractivity (Wildman–Crippen MR) is 86.5 cm³/mol. The molecule has 2 aromatic carbocycles. The number of hydrazine groups is 1. The number of ether oxygens (including phenoxy) is 1. The van der Waals surface area contributed by atoms with Gasteiger partial charge >= 0.3 is 0 Å². The van der Waals surface area contributed by atoms with Crippen molar-refractivity contribution in [2.75, 3.05) is 0 Å². The summed E-state index contributed by atoms with van der Waals surface area (Å²) in [6.45, 7) is 4.00. The molecular formula is C19H16N2O3. The zero-order valence-electron chi connectivity index (χ0n) is 13.4. The average molecular weight is 320 g/mol. The molecule has 1 saturated heterocycles. The van der Waals surface area contributed by atoms with Crippen molar-refractivity contribution < 1.29 is 14.3 Å². The zero-order chi connectivity index (χ0) is 16.6. The number of benzene rings is 2. The maximum Gasteiger partial charge on any atom is 0.276 e. The molecule has 0 N–H and O–H groups in total. The average Bonchev–Trinajstić information content (AvgIpc) is 3.26. The van der Waals surface area contributed by atoms with Gasteiger partial charge in [0.1, 0.15) is 11.4 Å². The molecule has 0 radical (unpaired) electrons. The van der Waals surface area contributed by atoms with E-state index in [1.165, 1.54) is 5.01 Å². The molecule has 3 heterocycles. The van der Waals surface area contributed by atoms with Gasteiger partial charge in [0.05, 0.1) is 23.2 Å². The monoisotopic (exact) mass is 320 g/mol. The second kappa shape index (κ2) is 4.24. The fourth-order valence-electron chi connectivity index (χ4n) is 4.03. The van der Waals surface area contributed by atoms with Crippen molar-refractivity contribution in [2.24, 2.45) is 0 Å². The molecule has 5 nitrogen and oxygen atoms in total. The number of carbonyl (C=O) groups excluding carboxylic acids is 2. The minimum Gasteiger partial charge on any atom is -0.486 e. The minimum absolute atomic E-state index is 0.00726. The van der Waals surface area contributed by atoms with Crippen molar-refractivity contribution in [2.45, 2.75) is 31.5 Å². The van der Waals surface area contributed by atoms with Crippen LogP contribution in [-0.2, 0) is 0 Å². The van der Waals surface area contributed by atoms with E-state index in [0.29, 0.717) is 11.1 Å². The maximum absolute atomic E-state index is 12.8. The van der Waals surface area contributed by atoms with Crippen LogP contribution in [0.2, 0.25) is 0 Å². The largest absolute Gasteiger partial charge is 0.486 e. The molecule has 2 aromatic rings. The van der Waals surface area contributed by atoms with Crippen molar-refractivity contribution in [3.8, 4) is 5.75 Å². The van der Waals surface area contributed by atoms with Crippen molar-refractivity contribution in [3.05, 3.63) is 65.2 Å². The summed E-state index contributed by atoms with van der Waals surface area (Å²) in [5, 5.41) is 3.17. The molecule has 3 aliphatic rings. The number of para-hydroxylation sites is 1. The van der Waals surface area contributed by atoms with Crippen LogP contribution in [0.4, 0.5) is 0 Å². The second-order valence-electron chi connectivity index (χ2n) is 6.98. The maximum atomic E-state index is 12.8. The number of rotatable bonds is 1. The lowest BCUT2D eigenvalue weighted by atomic mass is 9.94. The lowest BCUT2D eigenvalue weighted by Crippen LogP contribution is -2.43. The van der Waals surface area contributed by atoms with E-state index in [9.17, 15) is 9.59 Å². The first-order valence-electron chi connectivity index (χ1n) is 8.05. The fraction of sp³-hybridized carbons (Fsp3) is 0.263. The molecule has 0 saturated carbocycles. The van der Waals surface area contributed by atoms with Crippen LogP contribution in [-0.4, -0.2) is 33.5 Å². The molecule has 24 heavy (non-hydrogen) atoms. The van der Waals surface area contributed by atoms with Gasteiger partial charge in [0, 0.05) is 5.56 Å². The number of fused-ring (bicyclic) bond motifs is 4. The molecule has 1 fully saturated rings. The molecule has 2 amide bonds. The van der Waals surface area contributed by atoms with E-state index in [0.717, 1.165) is 11.3 Å². The molecule has 3 atom stereocenters. The van der Waals surface area contributed by atoms with E-state index in [4.69, 9.17) is 4.74 Å². The highest BCUT2D eigenvalue weighted by molar-refractivity contribution is 6.21. The second-order valence-corrected chi connectivity index (χ2v) is 6.98. The van der Waals surface area contributed by atoms with Crippen LogP contribution in [0.5, 0.6) is 5.75 Å². The van der Waals surface area contributed by atoms with Gasteiger partial charge < -0.3 is 4.74 Å². The van der Waals surface area contributed by atoms with E-state index >= 15 is 0 Å². The van der Waals surface area contributed by atoms with E-state index in [1.54, 1.807) is 24.3 Å². The van der Waals surface area contributed by atoms with Crippen molar-refractivity contribution in [1.82, 2.24) is 10.0 Å². The normalized spacial score (nSPS) is 28.8. The number of nitrogens with zero attached hydrogens (tertiary/aromatic N) is 2. The Labute approximate surface area is 139 Å². The Bertz CT molecular complexity index is 870. The third kappa shape index (κ3) is 1.57. The van der Waals surface area contributed by atoms with Gasteiger partial charge in [-0.15, -0.1) is 0 Å². The highest BCUT2D eigenvalue weighted by Crippen LogP contribution is 2.57. The van der Waals surface area contributed by atoms with Gasteiger partial charge in [0.25, 0.3) is 11.8 Å². The lowest BCUT2D eigenvalue weighted by molar-refractivity contribution is 0.0216. The number of carbonyl (C=O) groups is 2. The predicted octanol–water partition coefficient (Wildman–Crippen LogP) is 2.79. The van der Waals surface area contributed by atoms with Gasteiger partial charge in [-0.25, -0.2) is 5.01 Å². The van der Waals surface area contributed by atoms with Gasteiger partial charge in [-0.05, 0) is 32.0 Å². The summed E-state index contributed by atoms with van der Waals surface area (Å²) < 4.78 is 6.12. The molecule has 0 aliphatic carbocycles. The Hall–Kier alpha value is -2.66. The summed E-state index contributed by atoms with van der Waals surface area (Å²) in [6.07, 6.45) is 0. The Balaban J connectivity index is 1.59. The summed E-state index contributed by atoms with van der Waals surface area (Å²) in [7, 11) is 0. The number of hydrogen-bond donors (Lipinski definition) is 0. The van der Waals surface area contributed by atoms with Gasteiger partial charge in [-0.2, -0.15) is 5.01 Å². The zero-order valence-corrected chi connectivity index (χ0v) is 13.4. The Kier molecular flexibility index (Phi) is 2.43. The molecule has 3 aliphatic heterocycles. The van der Waals surface area contributed by atoms with Crippen LogP contribution in [0.15, 0.2) is 48.5 Å². The molecular weight excluding hydrogens is 304 g/mol. The highest BCUT2D eigenvalue weighted by atomic mass is 16.5.